The van der Waals surface area contributed by atoms with Gasteiger partial charge in [0.15, 0.2) is 0 Å². The van der Waals surface area contributed by atoms with Crippen LogP contribution in [-0.2, 0) is 11.2 Å². The van der Waals surface area contributed by atoms with Crippen LogP contribution in [-0.4, -0.2) is 31.2 Å². The van der Waals surface area contributed by atoms with Crippen LogP contribution < -0.4 is 15.0 Å². The third kappa shape index (κ3) is 3.17. The second-order valence-electron chi connectivity index (χ2n) is 6.41. The highest BCUT2D eigenvalue weighted by atomic mass is 32.2. The zero-order valence-corrected chi connectivity index (χ0v) is 15.4. The van der Waals surface area contributed by atoms with Gasteiger partial charge in [-0.3, -0.25) is 9.59 Å². The highest BCUT2D eigenvalue weighted by Crippen LogP contribution is 2.34. The van der Waals surface area contributed by atoms with Gasteiger partial charge in [0.1, 0.15) is 5.75 Å². The molecule has 2 heterocycles. The standard InChI is InChI=1S/C20H20N2O3S/c1-25-15-5-6-17-13(11-15)3-2-9-22(17)20(24)14-4-7-18-16(12-14)21-19(23)8-10-26-18/h4-7,11-12H,2-3,8-10H2,1H3,(H,21,23). The number of methoxy groups -OCH3 is 1. The molecule has 134 valence electrons. The molecule has 0 fully saturated rings. The van der Waals surface area contributed by atoms with Gasteiger partial charge in [-0.15, -0.1) is 11.8 Å². The molecule has 6 heteroatoms. The summed E-state index contributed by atoms with van der Waals surface area (Å²) in [7, 11) is 1.65. The van der Waals surface area contributed by atoms with Gasteiger partial charge in [0.25, 0.3) is 5.91 Å². The maximum atomic E-state index is 13.1. The number of hydrogen-bond acceptors (Lipinski definition) is 4. The molecule has 0 atom stereocenters. The van der Waals surface area contributed by atoms with E-state index in [2.05, 4.69) is 5.32 Å². The molecule has 0 aliphatic carbocycles. The fourth-order valence-corrected chi connectivity index (χ4v) is 4.36. The molecule has 2 aromatic carbocycles. The number of carbonyl (C=O) groups is 2. The molecule has 2 aromatic rings. The monoisotopic (exact) mass is 368 g/mol. The van der Waals surface area contributed by atoms with Gasteiger partial charge in [-0.25, -0.2) is 0 Å². The number of benzene rings is 2. The molecule has 0 aromatic heterocycles. The Hall–Kier alpha value is -2.47. The Balaban J connectivity index is 1.66. The lowest BCUT2D eigenvalue weighted by atomic mass is 10.00. The molecule has 0 bridgehead atoms. The van der Waals surface area contributed by atoms with E-state index in [9.17, 15) is 9.59 Å². The van der Waals surface area contributed by atoms with E-state index in [4.69, 9.17) is 4.74 Å². The maximum absolute atomic E-state index is 13.1. The van der Waals surface area contributed by atoms with Gasteiger partial charge in [-0.2, -0.15) is 0 Å². The molecule has 0 saturated heterocycles. The highest BCUT2D eigenvalue weighted by molar-refractivity contribution is 7.99. The summed E-state index contributed by atoms with van der Waals surface area (Å²) < 4.78 is 5.30. The van der Waals surface area contributed by atoms with Gasteiger partial charge in [0.2, 0.25) is 5.91 Å². The van der Waals surface area contributed by atoms with Crippen LogP contribution in [0.15, 0.2) is 41.3 Å². The molecule has 5 nitrogen and oxygen atoms in total. The van der Waals surface area contributed by atoms with Gasteiger partial charge in [-0.1, -0.05) is 0 Å². The van der Waals surface area contributed by atoms with Crippen LogP contribution >= 0.6 is 11.8 Å². The van der Waals surface area contributed by atoms with E-state index in [1.54, 1.807) is 24.9 Å². The zero-order chi connectivity index (χ0) is 18.1. The Morgan fingerprint density at radius 1 is 1.19 bits per heavy atom. The number of aryl methyl sites for hydroxylation is 1. The lowest BCUT2D eigenvalue weighted by Gasteiger charge is -2.30. The minimum Gasteiger partial charge on any atom is -0.497 e. The average molecular weight is 368 g/mol. The average Bonchev–Trinajstić information content (AvgIpc) is 2.86. The topological polar surface area (TPSA) is 58.6 Å². The minimum atomic E-state index is -0.0394. The first-order chi connectivity index (χ1) is 12.7. The molecule has 0 saturated carbocycles. The van der Waals surface area contributed by atoms with E-state index in [0.29, 0.717) is 18.5 Å². The molecule has 26 heavy (non-hydrogen) atoms. The molecule has 2 aliphatic heterocycles. The van der Waals surface area contributed by atoms with Crippen LogP contribution in [0.3, 0.4) is 0 Å². The van der Waals surface area contributed by atoms with Crippen molar-refractivity contribution in [2.45, 2.75) is 24.2 Å². The second kappa shape index (κ2) is 7.03. The molecule has 0 spiro atoms. The van der Waals surface area contributed by atoms with Crippen molar-refractivity contribution in [3.8, 4) is 5.75 Å². The predicted octanol–water partition coefficient (Wildman–Crippen LogP) is 3.72. The molecular weight excluding hydrogens is 348 g/mol. The maximum Gasteiger partial charge on any atom is 0.258 e. The summed E-state index contributed by atoms with van der Waals surface area (Å²) in [6.07, 6.45) is 2.35. The van der Waals surface area contributed by atoms with Crippen molar-refractivity contribution in [1.82, 2.24) is 0 Å². The van der Waals surface area contributed by atoms with Crippen molar-refractivity contribution in [2.24, 2.45) is 0 Å². The third-order valence-electron chi connectivity index (χ3n) is 4.74. The van der Waals surface area contributed by atoms with Gasteiger partial charge in [-0.05, 0) is 54.8 Å². The summed E-state index contributed by atoms with van der Waals surface area (Å²) in [6.45, 7) is 0.691. The third-order valence-corrected chi connectivity index (χ3v) is 5.81. The summed E-state index contributed by atoms with van der Waals surface area (Å²) in [5, 5.41) is 2.91. The predicted molar refractivity (Wildman–Crippen MR) is 103 cm³/mol. The Morgan fingerprint density at radius 2 is 2.08 bits per heavy atom. The first-order valence-electron chi connectivity index (χ1n) is 8.71. The number of hydrogen-bond donors (Lipinski definition) is 1. The number of nitrogens with one attached hydrogen (secondary N) is 1. The molecular formula is C20H20N2O3S. The summed E-state index contributed by atoms with van der Waals surface area (Å²) in [5.41, 5.74) is 3.39. The van der Waals surface area contributed by atoms with Crippen LogP contribution in [0.25, 0.3) is 0 Å². The van der Waals surface area contributed by atoms with Crippen molar-refractivity contribution < 1.29 is 14.3 Å². The minimum absolute atomic E-state index is 0.00346. The molecule has 2 amide bonds. The number of fused-ring (bicyclic) bond motifs is 2. The van der Waals surface area contributed by atoms with Crippen LogP contribution in [0.5, 0.6) is 5.75 Å². The van der Waals surface area contributed by atoms with Crippen LogP contribution in [0.2, 0.25) is 0 Å². The first-order valence-corrected chi connectivity index (χ1v) is 9.70. The SMILES string of the molecule is COc1ccc2c(c1)CCCN2C(=O)c1ccc2c(c1)NC(=O)CCS2. The zero-order valence-electron chi connectivity index (χ0n) is 14.6. The number of ether oxygens (including phenoxy) is 1. The van der Waals surface area contributed by atoms with Crippen LogP contribution in [0.1, 0.15) is 28.8 Å². The summed E-state index contributed by atoms with van der Waals surface area (Å²) in [4.78, 5) is 27.8. The highest BCUT2D eigenvalue weighted by Gasteiger charge is 2.25. The summed E-state index contributed by atoms with van der Waals surface area (Å²) >= 11 is 1.64. The Kier molecular flexibility index (Phi) is 4.59. The van der Waals surface area contributed by atoms with Crippen molar-refractivity contribution in [3.63, 3.8) is 0 Å². The lowest BCUT2D eigenvalue weighted by molar-refractivity contribution is -0.115. The quantitative estimate of drug-likeness (QED) is 0.878. The number of amides is 2. The van der Waals surface area contributed by atoms with E-state index in [1.807, 2.05) is 35.2 Å². The van der Waals surface area contributed by atoms with Gasteiger partial charge in [0, 0.05) is 34.9 Å². The van der Waals surface area contributed by atoms with Crippen LogP contribution in [0.4, 0.5) is 11.4 Å². The Morgan fingerprint density at radius 3 is 2.92 bits per heavy atom. The largest absolute Gasteiger partial charge is 0.497 e. The molecule has 4 rings (SSSR count). The van der Waals surface area contributed by atoms with Gasteiger partial charge < -0.3 is 15.0 Å². The van der Waals surface area contributed by atoms with Gasteiger partial charge in [0.05, 0.1) is 12.8 Å². The summed E-state index contributed by atoms with van der Waals surface area (Å²) in [6, 6.07) is 11.4. The fourth-order valence-electron chi connectivity index (χ4n) is 3.42. The Labute approximate surface area is 156 Å². The molecule has 0 unspecified atom stereocenters. The van der Waals surface area contributed by atoms with E-state index in [1.165, 1.54) is 0 Å². The van der Waals surface area contributed by atoms with E-state index < -0.39 is 0 Å². The number of rotatable bonds is 2. The number of thioether (sulfide) groups is 1. The van der Waals surface area contributed by atoms with Crippen molar-refractivity contribution in [1.29, 1.82) is 0 Å². The Bertz CT molecular complexity index is 881. The molecule has 2 aliphatic rings. The molecule has 1 N–H and O–H groups in total. The van der Waals surface area contributed by atoms with E-state index >= 15 is 0 Å². The lowest BCUT2D eigenvalue weighted by Crippen LogP contribution is -2.35. The van der Waals surface area contributed by atoms with Crippen LogP contribution in [0, 0.1) is 0 Å². The first kappa shape index (κ1) is 17.0. The second-order valence-corrected chi connectivity index (χ2v) is 7.55. The normalized spacial score (nSPS) is 16.2. The van der Waals surface area contributed by atoms with Crippen molar-refractivity contribution in [2.75, 3.05) is 29.6 Å². The van der Waals surface area contributed by atoms with Crippen molar-refractivity contribution >= 4 is 35.0 Å². The van der Waals surface area contributed by atoms with Crippen molar-refractivity contribution in [3.05, 3.63) is 47.5 Å². The number of carbonyl (C=O) groups excluding carboxylic acids is 2. The fraction of sp³-hybridized carbons (Fsp3) is 0.300. The van der Waals surface area contributed by atoms with E-state index in [-0.39, 0.29) is 11.8 Å². The molecule has 0 radical (unpaired) electrons. The number of anilines is 2. The summed E-state index contributed by atoms with van der Waals surface area (Å²) in [5.74, 6) is 1.52. The number of nitrogens with zero attached hydrogens (tertiary/aromatic N) is 1. The van der Waals surface area contributed by atoms with Gasteiger partial charge >= 0.3 is 0 Å². The smallest absolute Gasteiger partial charge is 0.258 e. The van der Waals surface area contributed by atoms with E-state index in [0.717, 1.165) is 46.2 Å².